The number of hydrogen-bond donors (Lipinski definition) is 0. The van der Waals surface area contributed by atoms with Gasteiger partial charge in [0.05, 0.1) is 0 Å². The van der Waals surface area contributed by atoms with Crippen LogP contribution in [0.4, 0.5) is 0 Å². The van der Waals surface area contributed by atoms with Crippen molar-refractivity contribution < 1.29 is 0 Å². The molecular formula is C15H26N2. The highest BCUT2D eigenvalue weighted by Gasteiger charge is 2.27. The Bertz CT molecular complexity index is 289. The fraction of sp³-hybridized carbons (Fsp3) is 0.733. The third-order valence-electron chi connectivity index (χ3n) is 4.24. The van der Waals surface area contributed by atoms with Gasteiger partial charge < -0.3 is 4.90 Å². The molecule has 0 aromatic rings. The predicted octanol–water partition coefficient (Wildman–Crippen LogP) is 3.37. The molecule has 2 saturated heterocycles. The van der Waals surface area contributed by atoms with Crippen LogP contribution in [-0.4, -0.2) is 35.5 Å². The van der Waals surface area contributed by atoms with E-state index in [1.165, 1.54) is 50.2 Å². The van der Waals surface area contributed by atoms with E-state index in [4.69, 9.17) is 0 Å². The standard InChI is InChI=1S/C15H26N2/c1-4-13(2)17-11-8-15(12-14(17)3)16-9-6-5-7-10-16/h15H,2-12H2,1H3. The number of nitrogens with zero attached hydrogens (tertiary/aromatic N) is 2. The van der Waals surface area contributed by atoms with Crippen LogP contribution in [0.1, 0.15) is 45.4 Å². The Morgan fingerprint density at radius 1 is 1.24 bits per heavy atom. The van der Waals surface area contributed by atoms with Gasteiger partial charge in [-0.2, -0.15) is 0 Å². The molecule has 2 heterocycles. The van der Waals surface area contributed by atoms with Gasteiger partial charge in [-0.15, -0.1) is 0 Å². The van der Waals surface area contributed by atoms with E-state index in [1.807, 2.05) is 0 Å². The Balaban J connectivity index is 1.90. The molecule has 0 aromatic heterocycles. The molecule has 0 spiro atoms. The molecule has 2 rings (SSSR count). The molecule has 2 aliphatic heterocycles. The summed E-state index contributed by atoms with van der Waals surface area (Å²) in [6, 6.07) is 0.740. The van der Waals surface area contributed by atoms with Gasteiger partial charge >= 0.3 is 0 Å². The first kappa shape index (κ1) is 12.7. The van der Waals surface area contributed by atoms with Crippen molar-refractivity contribution in [1.29, 1.82) is 0 Å². The lowest BCUT2D eigenvalue weighted by Gasteiger charge is -2.42. The van der Waals surface area contributed by atoms with Gasteiger partial charge in [0.1, 0.15) is 0 Å². The van der Waals surface area contributed by atoms with E-state index in [-0.39, 0.29) is 0 Å². The smallest absolute Gasteiger partial charge is 0.0239 e. The molecule has 0 radical (unpaired) electrons. The number of piperidine rings is 2. The summed E-state index contributed by atoms with van der Waals surface area (Å²) in [7, 11) is 0. The van der Waals surface area contributed by atoms with Gasteiger partial charge in [0.25, 0.3) is 0 Å². The van der Waals surface area contributed by atoms with Crippen molar-refractivity contribution in [1.82, 2.24) is 9.80 Å². The zero-order valence-corrected chi connectivity index (χ0v) is 11.2. The minimum Gasteiger partial charge on any atom is -0.350 e. The second-order valence-corrected chi connectivity index (χ2v) is 5.38. The summed E-state index contributed by atoms with van der Waals surface area (Å²) in [5, 5.41) is 0. The Hall–Kier alpha value is -0.760. The van der Waals surface area contributed by atoms with Crippen LogP contribution in [0.15, 0.2) is 24.6 Å². The summed E-state index contributed by atoms with van der Waals surface area (Å²) in [5.41, 5.74) is 2.51. The predicted molar refractivity (Wildman–Crippen MR) is 73.7 cm³/mol. The fourth-order valence-electron chi connectivity index (χ4n) is 3.09. The lowest BCUT2D eigenvalue weighted by molar-refractivity contribution is 0.124. The lowest BCUT2D eigenvalue weighted by atomic mass is 9.97. The Morgan fingerprint density at radius 3 is 2.53 bits per heavy atom. The molecule has 2 fully saturated rings. The molecule has 0 saturated carbocycles. The number of rotatable bonds is 3. The van der Waals surface area contributed by atoms with E-state index in [9.17, 15) is 0 Å². The minimum absolute atomic E-state index is 0.740. The van der Waals surface area contributed by atoms with Gasteiger partial charge in [-0.3, -0.25) is 4.90 Å². The number of likely N-dealkylation sites (tertiary alicyclic amines) is 2. The van der Waals surface area contributed by atoms with Crippen LogP contribution < -0.4 is 0 Å². The summed E-state index contributed by atoms with van der Waals surface area (Å²) >= 11 is 0. The van der Waals surface area contributed by atoms with Crippen LogP contribution >= 0.6 is 0 Å². The third kappa shape index (κ3) is 2.92. The SMILES string of the molecule is C=C(CC)N1CCC(N2CCCCC2)CC1=C. The summed E-state index contributed by atoms with van der Waals surface area (Å²) < 4.78 is 0. The van der Waals surface area contributed by atoms with Gasteiger partial charge in [-0.1, -0.05) is 26.5 Å². The van der Waals surface area contributed by atoms with Gasteiger partial charge in [-0.05, 0) is 38.8 Å². The van der Waals surface area contributed by atoms with Crippen molar-refractivity contribution in [2.45, 2.75) is 51.5 Å². The highest BCUT2D eigenvalue weighted by Crippen LogP contribution is 2.28. The van der Waals surface area contributed by atoms with Crippen LogP contribution in [0.25, 0.3) is 0 Å². The zero-order chi connectivity index (χ0) is 12.3. The van der Waals surface area contributed by atoms with Gasteiger partial charge in [0.2, 0.25) is 0 Å². The van der Waals surface area contributed by atoms with Crippen molar-refractivity contribution in [2.75, 3.05) is 19.6 Å². The maximum Gasteiger partial charge on any atom is 0.0239 e. The quantitative estimate of drug-likeness (QED) is 0.738. The van der Waals surface area contributed by atoms with Crippen LogP contribution in [0.5, 0.6) is 0 Å². The maximum atomic E-state index is 4.25. The summed E-state index contributed by atoms with van der Waals surface area (Å²) in [6.07, 6.45) is 7.64. The molecule has 0 amide bonds. The summed E-state index contributed by atoms with van der Waals surface area (Å²) in [5.74, 6) is 0. The van der Waals surface area contributed by atoms with E-state index in [1.54, 1.807) is 0 Å². The Kier molecular flexibility index (Phi) is 4.27. The maximum absolute atomic E-state index is 4.25. The third-order valence-corrected chi connectivity index (χ3v) is 4.24. The largest absolute Gasteiger partial charge is 0.350 e. The van der Waals surface area contributed by atoms with E-state index in [0.29, 0.717) is 0 Å². The average molecular weight is 234 g/mol. The molecule has 0 aromatic carbocycles. The lowest BCUT2D eigenvalue weighted by Crippen LogP contribution is -2.45. The molecular weight excluding hydrogens is 208 g/mol. The molecule has 17 heavy (non-hydrogen) atoms. The van der Waals surface area contributed by atoms with E-state index in [0.717, 1.165) is 25.4 Å². The monoisotopic (exact) mass is 234 g/mol. The van der Waals surface area contributed by atoms with Crippen LogP contribution in [0.3, 0.4) is 0 Å². The first-order valence-electron chi connectivity index (χ1n) is 7.09. The highest BCUT2D eigenvalue weighted by molar-refractivity contribution is 5.11. The van der Waals surface area contributed by atoms with Crippen molar-refractivity contribution in [2.24, 2.45) is 0 Å². The molecule has 2 heteroatoms. The van der Waals surface area contributed by atoms with Crippen LogP contribution in [-0.2, 0) is 0 Å². The number of allylic oxidation sites excluding steroid dienone is 1. The Labute approximate surface area is 106 Å². The van der Waals surface area contributed by atoms with Gasteiger partial charge in [0, 0.05) is 30.4 Å². The van der Waals surface area contributed by atoms with Crippen LogP contribution in [0.2, 0.25) is 0 Å². The number of hydrogen-bond acceptors (Lipinski definition) is 2. The van der Waals surface area contributed by atoms with E-state index >= 15 is 0 Å². The highest BCUT2D eigenvalue weighted by atomic mass is 15.2. The molecule has 0 aliphatic carbocycles. The molecule has 0 bridgehead atoms. The second-order valence-electron chi connectivity index (χ2n) is 5.38. The molecule has 1 unspecified atom stereocenters. The first-order chi connectivity index (χ1) is 8.22. The Morgan fingerprint density at radius 2 is 1.94 bits per heavy atom. The van der Waals surface area contributed by atoms with E-state index in [2.05, 4.69) is 29.9 Å². The average Bonchev–Trinajstić information content (AvgIpc) is 2.39. The fourth-order valence-corrected chi connectivity index (χ4v) is 3.09. The van der Waals surface area contributed by atoms with Crippen molar-refractivity contribution in [3.63, 3.8) is 0 Å². The molecule has 2 aliphatic rings. The topological polar surface area (TPSA) is 6.48 Å². The molecule has 96 valence electrons. The normalized spacial score (nSPS) is 27.2. The van der Waals surface area contributed by atoms with Gasteiger partial charge in [0.15, 0.2) is 0 Å². The van der Waals surface area contributed by atoms with Crippen LogP contribution in [0, 0.1) is 0 Å². The first-order valence-corrected chi connectivity index (χ1v) is 7.09. The molecule has 1 atom stereocenters. The van der Waals surface area contributed by atoms with Crippen molar-refractivity contribution in [3.05, 3.63) is 24.6 Å². The minimum atomic E-state index is 0.740. The van der Waals surface area contributed by atoms with Crippen molar-refractivity contribution in [3.8, 4) is 0 Å². The molecule has 0 N–H and O–H groups in total. The summed E-state index contributed by atoms with van der Waals surface area (Å²) in [4.78, 5) is 5.02. The van der Waals surface area contributed by atoms with Crippen molar-refractivity contribution >= 4 is 0 Å². The molecule has 2 nitrogen and oxygen atoms in total. The van der Waals surface area contributed by atoms with E-state index < -0.39 is 0 Å². The van der Waals surface area contributed by atoms with Gasteiger partial charge in [-0.25, -0.2) is 0 Å². The summed E-state index contributed by atoms with van der Waals surface area (Å²) in [6.45, 7) is 14.3. The second kappa shape index (κ2) is 5.72. The zero-order valence-electron chi connectivity index (χ0n) is 11.2.